The second-order valence-electron chi connectivity index (χ2n) is 6.35. The highest BCUT2D eigenvalue weighted by molar-refractivity contribution is 5.97. The van der Waals surface area contributed by atoms with Crippen LogP contribution in [-0.2, 0) is 15.7 Å². The van der Waals surface area contributed by atoms with E-state index in [1.54, 1.807) is 0 Å². The maximum absolute atomic E-state index is 13.0. The summed E-state index contributed by atoms with van der Waals surface area (Å²) < 4.78 is 89.9. The van der Waals surface area contributed by atoms with Crippen molar-refractivity contribution in [3.05, 3.63) is 59.7 Å². The Labute approximate surface area is 177 Å². The van der Waals surface area contributed by atoms with E-state index < -0.39 is 36.2 Å². The van der Waals surface area contributed by atoms with Crippen LogP contribution in [0.2, 0.25) is 0 Å². The van der Waals surface area contributed by atoms with E-state index in [0.717, 1.165) is 35.3 Å². The van der Waals surface area contributed by atoms with Crippen LogP contribution in [0.5, 0.6) is 5.75 Å². The van der Waals surface area contributed by atoms with E-state index in [-0.39, 0.29) is 23.7 Å². The highest BCUT2D eigenvalue weighted by Gasteiger charge is 2.33. The predicted octanol–water partition coefficient (Wildman–Crippen LogP) is 4.80. The Morgan fingerprint density at radius 1 is 1.12 bits per heavy atom. The number of benzene rings is 2. The highest BCUT2D eigenvalue weighted by atomic mass is 19.4. The van der Waals surface area contributed by atoms with Crippen LogP contribution in [-0.4, -0.2) is 43.2 Å². The fourth-order valence-electron chi connectivity index (χ4n) is 2.61. The van der Waals surface area contributed by atoms with Gasteiger partial charge in [0.25, 0.3) is 0 Å². The summed E-state index contributed by atoms with van der Waals surface area (Å²) in [7, 11) is 1.27. The first-order chi connectivity index (χ1) is 14.9. The van der Waals surface area contributed by atoms with E-state index in [1.807, 2.05) is 0 Å². The molecule has 1 heterocycles. The Morgan fingerprint density at radius 2 is 1.81 bits per heavy atom. The van der Waals surface area contributed by atoms with Crippen molar-refractivity contribution in [2.24, 2.45) is 5.10 Å². The summed E-state index contributed by atoms with van der Waals surface area (Å²) in [6.45, 7) is -0.194. The van der Waals surface area contributed by atoms with E-state index in [4.69, 9.17) is 9.47 Å². The number of hydrazone groups is 1. The van der Waals surface area contributed by atoms with Crippen molar-refractivity contribution in [3.63, 3.8) is 0 Å². The average molecular weight is 463 g/mol. The third-order valence-electron chi connectivity index (χ3n) is 4.05. The summed E-state index contributed by atoms with van der Waals surface area (Å²) in [6.07, 6.45) is -10.5. The van der Waals surface area contributed by atoms with Gasteiger partial charge in [-0.3, -0.25) is 0 Å². The maximum Gasteiger partial charge on any atom is 0.573 e. The number of anilines is 1. The molecule has 1 aliphatic rings. The van der Waals surface area contributed by atoms with Crippen LogP contribution in [0.1, 0.15) is 11.1 Å². The summed E-state index contributed by atoms with van der Waals surface area (Å²) in [5.74, 6) is -0.760. The number of carbonyl (C=O) groups excluding carboxylic acids is 1. The number of urea groups is 1. The first kappa shape index (κ1) is 23.2. The minimum Gasteiger partial charge on any atom is -0.444 e. The number of hydrogen-bond acceptors (Lipinski definition) is 5. The van der Waals surface area contributed by atoms with Gasteiger partial charge < -0.3 is 19.5 Å². The van der Waals surface area contributed by atoms with Crippen LogP contribution in [0.3, 0.4) is 0 Å². The SMILES string of the molecule is COC1CN(C(=O)Nc2ccc(OC(F)(F)F)cc2)N=C(c2cccc(C(F)(F)F)c2)O1. The van der Waals surface area contributed by atoms with E-state index in [0.29, 0.717) is 0 Å². The lowest BCUT2D eigenvalue weighted by Gasteiger charge is -2.29. The minimum atomic E-state index is -4.86. The van der Waals surface area contributed by atoms with Crippen LogP contribution in [0, 0.1) is 0 Å². The number of amides is 2. The summed E-state index contributed by atoms with van der Waals surface area (Å²) in [4.78, 5) is 12.6. The second kappa shape index (κ2) is 8.94. The normalized spacial score (nSPS) is 16.8. The molecule has 0 aliphatic carbocycles. The number of rotatable bonds is 4. The molecule has 0 saturated heterocycles. The summed E-state index contributed by atoms with van der Waals surface area (Å²) in [5.41, 5.74) is -0.841. The molecule has 0 aromatic heterocycles. The molecule has 13 heteroatoms. The summed E-state index contributed by atoms with van der Waals surface area (Å²) in [5, 5.41) is 7.20. The topological polar surface area (TPSA) is 72.4 Å². The van der Waals surface area contributed by atoms with Crippen molar-refractivity contribution in [1.82, 2.24) is 5.01 Å². The van der Waals surface area contributed by atoms with E-state index in [2.05, 4.69) is 15.2 Å². The van der Waals surface area contributed by atoms with Gasteiger partial charge in [0.15, 0.2) is 0 Å². The molecular formula is C19H15F6N3O4. The van der Waals surface area contributed by atoms with Crippen molar-refractivity contribution in [1.29, 1.82) is 0 Å². The smallest absolute Gasteiger partial charge is 0.444 e. The van der Waals surface area contributed by atoms with Crippen LogP contribution in [0.15, 0.2) is 53.6 Å². The second-order valence-corrected chi connectivity index (χ2v) is 6.35. The van der Waals surface area contributed by atoms with Gasteiger partial charge in [0, 0.05) is 18.4 Å². The zero-order valence-corrected chi connectivity index (χ0v) is 16.2. The number of alkyl halides is 6. The molecule has 1 unspecified atom stereocenters. The number of ether oxygens (including phenoxy) is 3. The molecule has 1 atom stereocenters. The van der Waals surface area contributed by atoms with E-state index in [9.17, 15) is 31.1 Å². The van der Waals surface area contributed by atoms with Crippen LogP contribution >= 0.6 is 0 Å². The molecule has 32 heavy (non-hydrogen) atoms. The third kappa shape index (κ3) is 6.03. The molecule has 3 rings (SSSR count). The molecule has 172 valence electrons. The number of nitrogens with zero attached hydrogens (tertiary/aromatic N) is 2. The molecule has 0 radical (unpaired) electrons. The Kier molecular flexibility index (Phi) is 6.48. The molecule has 2 amide bonds. The number of carbonyl (C=O) groups is 1. The highest BCUT2D eigenvalue weighted by Crippen LogP contribution is 2.30. The van der Waals surface area contributed by atoms with Crippen molar-refractivity contribution in [3.8, 4) is 5.75 Å². The zero-order valence-electron chi connectivity index (χ0n) is 16.2. The Balaban J connectivity index is 1.78. The molecule has 1 N–H and O–H groups in total. The van der Waals surface area contributed by atoms with Crippen LogP contribution < -0.4 is 10.1 Å². The van der Waals surface area contributed by atoms with Gasteiger partial charge in [0.05, 0.1) is 5.56 Å². The van der Waals surface area contributed by atoms with Gasteiger partial charge >= 0.3 is 18.6 Å². The lowest BCUT2D eigenvalue weighted by Crippen LogP contribution is -2.44. The van der Waals surface area contributed by atoms with Gasteiger partial charge in [-0.15, -0.1) is 18.3 Å². The number of nitrogens with one attached hydrogen (secondary N) is 1. The van der Waals surface area contributed by atoms with Gasteiger partial charge in [-0.2, -0.15) is 13.2 Å². The number of methoxy groups -OCH3 is 1. The van der Waals surface area contributed by atoms with Crippen molar-refractivity contribution in [2.45, 2.75) is 18.8 Å². The number of halogens is 6. The molecule has 7 nitrogen and oxygen atoms in total. The molecule has 0 saturated carbocycles. The Bertz CT molecular complexity index is 992. The molecule has 0 fully saturated rings. The first-order valence-electron chi connectivity index (χ1n) is 8.84. The largest absolute Gasteiger partial charge is 0.573 e. The standard InChI is InChI=1S/C19H15F6N3O4/c1-30-15-10-28(17(29)26-13-5-7-14(8-6-13)32-19(23,24)25)27-16(31-15)11-3-2-4-12(9-11)18(20,21)22/h2-9,15H,10H2,1H3,(H,26,29). The summed E-state index contributed by atoms with van der Waals surface area (Å²) in [6, 6.07) is 7.69. The van der Waals surface area contributed by atoms with Gasteiger partial charge in [-0.1, -0.05) is 6.07 Å². The predicted molar refractivity (Wildman–Crippen MR) is 98.7 cm³/mol. The fourth-order valence-corrected chi connectivity index (χ4v) is 2.61. The van der Waals surface area contributed by atoms with Crippen molar-refractivity contribution >= 4 is 17.6 Å². The van der Waals surface area contributed by atoms with Gasteiger partial charge in [-0.05, 0) is 42.5 Å². The maximum atomic E-state index is 13.0. The molecule has 0 spiro atoms. The molecule has 1 aliphatic heterocycles. The molecule has 0 bridgehead atoms. The summed E-state index contributed by atoms with van der Waals surface area (Å²) >= 11 is 0. The fraction of sp³-hybridized carbons (Fsp3) is 0.263. The van der Waals surface area contributed by atoms with Crippen LogP contribution in [0.25, 0.3) is 0 Å². The molecular weight excluding hydrogens is 448 g/mol. The van der Waals surface area contributed by atoms with Gasteiger partial charge in [0.2, 0.25) is 12.2 Å². The van der Waals surface area contributed by atoms with Crippen LogP contribution in [0.4, 0.5) is 36.8 Å². The zero-order chi connectivity index (χ0) is 23.5. The minimum absolute atomic E-state index is 0.0342. The van der Waals surface area contributed by atoms with Crippen molar-refractivity contribution < 1.29 is 45.3 Å². The quantitative estimate of drug-likeness (QED) is 0.662. The van der Waals surface area contributed by atoms with Gasteiger partial charge in [0.1, 0.15) is 12.3 Å². The Morgan fingerprint density at radius 3 is 2.41 bits per heavy atom. The first-order valence-corrected chi connectivity index (χ1v) is 8.84. The lowest BCUT2D eigenvalue weighted by atomic mass is 10.1. The third-order valence-corrected chi connectivity index (χ3v) is 4.05. The van der Waals surface area contributed by atoms with Gasteiger partial charge in [-0.25, -0.2) is 9.80 Å². The molecule has 2 aromatic carbocycles. The molecule has 2 aromatic rings. The lowest BCUT2D eigenvalue weighted by molar-refractivity contribution is -0.274. The van der Waals surface area contributed by atoms with E-state index in [1.165, 1.54) is 25.3 Å². The number of hydrogen-bond donors (Lipinski definition) is 1. The Hall–Kier alpha value is -3.48. The van der Waals surface area contributed by atoms with E-state index >= 15 is 0 Å². The van der Waals surface area contributed by atoms with Crippen molar-refractivity contribution in [2.75, 3.05) is 19.0 Å². The average Bonchev–Trinajstić information content (AvgIpc) is 2.73. The monoisotopic (exact) mass is 463 g/mol.